The maximum atomic E-state index is 13.0. The Morgan fingerprint density at radius 3 is 2.43 bits per heavy atom. The first-order valence-corrected chi connectivity index (χ1v) is 9.75. The molecule has 0 atom stereocenters. The van der Waals surface area contributed by atoms with Gasteiger partial charge >= 0.3 is 0 Å². The molecule has 0 unspecified atom stereocenters. The number of rotatable bonds is 7. The summed E-state index contributed by atoms with van der Waals surface area (Å²) in [4.78, 5) is 26.5. The molecule has 30 heavy (non-hydrogen) atoms. The number of carbonyl (C=O) groups is 2. The minimum absolute atomic E-state index is 0.159. The smallest absolute Gasteiger partial charge is 0.253 e. The van der Waals surface area contributed by atoms with Gasteiger partial charge in [-0.15, -0.1) is 0 Å². The fraction of sp³-hybridized carbons (Fsp3) is 0.364. The fourth-order valence-electron chi connectivity index (χ4n) is 3.34. The van der Waals surface area contributed by atoms with E-state index in [1.54, 1.807) is 26.4 Å². The van der Waals surface area contributed by atoms with E-state index in [0.717, 1.165) is 11.3 Å². The average molecular weight is 413 g/mol. The quantitative estimate of drug-likeness (QED) is 0.725. The first-order valence-electron chi connectivity index (χ1n) is 9.75. The van der Waals surface area contributed by atoms with Crippen molar-refractivity contribution in [3.63, 3.8) is 0 Å². The normalized spacial score (nSPS) is 13.5. The maximum Gasteiger partial charge on any atom is 0.253 e. The van der Waals surface area contributed by atoms with Gasteiger partial charge < -0.3 is 29.7 Å². The summed E-state index contributed by atoms with van der Waals surface area (Å²) in [6.45, 7) is 4.35. The molecule has 160 valence electrons. The Morgan fingerprint density at radius 1 is 1.03 bits per heavy atom. The molecule has 8 nitrogen and oxygen atoms in total. The van der Waals surface area contributed by atoms with Crippen molar-refractivity contribution in [2.75, 3.05) is 50.7 Å². The summed E-state index contributed by atoms with van der Waals surface area (Å²) in [5, 5.41) is 5.74. The van der Waals surface area contributed by atoms with E-state index in [0.29, 0.717) is 55.6 Å². The fourth-order valence-corrected chi connectivity index (χ4v) is 3.34. The molecule has 0 aromatic heterocycles. The number of ether oxygens (including phenoxy) is 3. The highest BCUT2D eigenvalue weighted by atomic mass is 16.5. The van der Waals surface area contributed by atoms with Crippen LogP contribution in [-0.4, -0.2) is 52.3 Å². The number of anilines is 2. The van der Waals surface area contributed by atoms with Crippen molar-refractivity contribution in [2.24, 2.45) is 0 Å². The Hall–Kier alpha value is -3.26. The van der Waals surface area contributed by atoms with Gasteiger partial charge in [0.2, 0.25) is 5.91 Å². The molecule has 1 aliphatic heterocycles. The Labute approximate surface area is 176 Å². The summed E-state index contributed by atoms with van der Waals surface area (Å²) < 4.78 is 16.0. The molecule has 1 heterocycles. The number of nitrogens with zero attached hydrogens (tertiary/aromatic N) is 1. The van der Waals surface area contributed by atoms with Crippen molar-refractivity contribution in [2.45, 2.75) is 13.5 Å². The van der Waals surface area contributed by atoms with Gasteiger partial charge in [0.05, 0.1) is 38.7 Å². The van der Waals surface area contributed by atoms with Crippen LogP contribution in [0.1, 0.15) is 22.8 Å². The molecular weight excluding hydrogens is 386 g/mol. The molecule has 2 amide bonds. The van der Waals surface area contributed by atoms with Crippen molar-refractivity contribution < 1.29 is 23.8 Å². The summed E-state index contributed by atoms with van der Waals surface area (Å²) in [5.41, 5.74) is 2.87. The zero-order valence-corrected chi connectivity index (χ0v) is 17.5. The zero-order valence-electron chi connectivity index (χ0n) is 17.5. The van der Waals surface area contributed by atoms with Gasteiger partial charge in [0.15, 0.2) is 11.5 Å². The van der Waals surface area contributed by atoms with Gasteiger partial charge in [0, 0.05) is 32.2 Å². The van der Waals surface area contributed by atoms with Crippen LogP contribution in [0.2, 0.25) is 0 Å². The SMILES string of the molecule is COc1ccc(CNC(=O)c2ccc(NC(C)=O)cc2N2CCOCC2)cc1OC. The van der Waals surface area contributed by atoms with Gasteiger partial charge in [-0.2, -0.15) is 0 Å². The van der Waals surface area contributed by atoms with Gasteiger partial charge in [-0.3, -0.25) is 9.59 Å². The summed E-state index contributed by atoms with van der Waals surface area (Å²) in [5.74, 6) is 0.892. The molecule has 1 aliphatic rings. The molecule has 1 fully saturated rings. The lowest BCUT2D eigenvalue weighted by Gasteiger charge is -2.30. The third-order valence-corrected chi connectivity index (χ3v) is 4.82. The van der Waals surface area contributed by atoms with Crippen molar-refractivity contribution in [3.05, 3.63) is 47.5 Å². The van der Waals surface area contributed by atoms with Gasteiger partial charge in [-0.25, -0.2) is 0 Å². The highest BCUT2D eigenvalue weighted by Gasteiger charge is 2.20. The number of hydrogen-bond acceptors (Lipinski definition) is 6. The lowest BCUT2D eigenvalue weighted by Crippen LogP contribution is -2.38. The van der Waals surface area contributed by atoms with Crippen molar-refractivity contribution in [3.8, 4) is 11.5 Å². The van der Waals surface area contributed by atoms with Crippen LogP contribution in [-0.2, 0) is 16.1 Å². The van der Waals surface area contributed by atoms with Gasteiger partial charge in [-0.1, -0.05) is 6.07 Å². The predicted molar refractivity (Wildman–Crippen MR) is 114 cm³/mol. The molecule has 8 heteroatoms. The second-order valence-corrected chi connectivity index (χ2v) is 6.88. The third kappa shape index (κ3) is 5.21. The molecule has 0 aliphatic carbocycles. The summed E-state index contributed by atoms with van der Waals surface area (Å²) >= 11 is 0. The summed E-state index contributed by atoms with van der Waals surface area (Å²) in [6.07, 6.45) is 0. The average Bonchev–Trinajstić information content (AvgIpc) is 2.77. The molecule has 0 bridgehead atoms. The van der Waals surface area contributed by atoms with Crippen LogP contribution in [0, 0.1) is 0 Å². The number of benzene rings is 2. The summed E-state index contributed by atoms with van der Waals surface area (Å²) in [6, 6.07) is 10.8. The van der Waals surface area contributed by atoms with Crippen LogP contribution >= 0.6 is 0 Å². The second-order valence-electron chi connectivity index (χ2n) is 6.88. The standard InChI is InChI=1S/C22H27N3O5/c1-15(26)24-17-5-6-18(19(13-17)25-8-10-30-11-9-25)22(27)23-14-16-4-7-20(28-2)21(12-16)29-3/h4-7,12-13H,8-11,14H2,1-3H3,(H,23,27)(H,24,26). The van der Waals surface area contributed by atoms with Crippen LogP contribution in [0.25, 0.3) is 0 Å². The lowest BCUT2D eigenvalue weighted by molar-refractivity contribution is -0.114. The molecule has 0 radical (unpaired) electrons. The number of hydrogen-bond donors (Lipinski definition) is 2. The number of morpholine rings is 1. The predicted octanol–water partition coefficient (Wildman–Crippen LogP) is 2.43. The van der Waals surface area contributed by atoms with Crippen LogP contribution in [0.3, 0.4) is 0 Å². The van der Waals surface area contributed by atoms with E-state index in [1.807, 2.05) is 24.3 Å². The number of amides is 2. The molecule has 2 N–H and O–H groups in total. The van der Waals surface area contributed by atoms with E-state index in [9.17, 15) is 9.59 Å². The highest BCUT2D eigenvalue weighted by Crippen LogP contribution is 2.28. The molecule has 0 spiro atoms. The Bertz CT molecular complexity index is 910. The molecule has 1 saturated heterocycles. The van der Waals surface area contributed by atoms with Crippen LogP contribution in [0.4, 0.5) is 11.4 Å². The van der Waals surface area contributed by atoms with Crippen molar-refractivity contribution in [1.82, 2.24) is 5.32 Å². The molecule has 3 rings (SSSR count). The molecule has 0 saturated carbocycles. The number of nitrogens with one attached hydrogen (secondary N) is 2. The van der Waals surface area contributed by atoms with Gasteiger partial charge in [0.1, 0.15) is 0 Å². The van der Waals surface area contributed by atoms with E-state index in [2.05, 4.69) is 15.5 Å². The lowest BCUT2D eigenvalue weighted by atomic mass is 10.1. The minimum Gasteiger partial charge on any atom is -0.493 e. The van der Waals surface area contributed by atoms with Crippen LogP contribution in [0.15, 0.2) is 36.4 Å². The van der Waals surface area contributed by atoms with E-state index >= 15 is 0 Å². The van der Waals surface area contributed by atoms with E-state index in [1.165, 1.54) is 6.92 Å². The Balaban J connectivity index is 1.79. The van der Waals surface area contributed by atoms with Crippen molar-refractivity contribution in [1.29, 1.82) is 0 Å². The van der Waals surface area contributed by atoms with Crippen molar-refractivity contribution >= 4 is 23.2 Å². The summed E-state index contributed by atoms with van der Waals surface area (Å²) in [7, 11) is 3.16. The Morgan fingerprint density at radius 2 is 1.77 bits per heavy atom. The van der Waals surface area contributed by atoms with E-state index < -0.39 is 0 Å². The maximum absolute atomic E-state index is 13.0. The van der Waals surface area contributed by atoms with E-state index in [-0.39, 0.29) is 11.8 Å². The largest absolute Gasteiger partial charge is 0.493 e. The highest BCUT2D eigenvalue weighted by molar-refractivity contribution is 6.01. The number of carbonyl (C=O) groups excluding carboxylic acids is 2. The minimum atomic E-state index is -0.194. The van der Waals surface area contributed by atoms with Crippen LogP contribution < -0.4 is 25.0 Å². The first-order chi connectivity index (χ1) is 14.5. The zero-order chi connectivity index (χ0) is 21.5. The first kappa shape index (κ1) is 21.4. The molecule has 2 aromatic rings. The number of methoxy groups -OCH3 is 2. The van der Waals surface area contributed by atoms with E-state index in [4.69, 9.17) is 14.2 Å². The molecule has 2 aromatic carbocycles. The Kier molecular flexibility index (Phi) is 7.13. The topological polar surface area (TPSA) is 89.1 Å². The van der Waals surface area contributed by atoms with Crippen LogP contribution in [0.5, 0.6) is 11.5 Å². The third-order valence-electron chi connectivity index (χ3n) is 4.82. The van der Waals surface area contributed by atoms with Gasteiger partial charge in [0.25, 0.3) is 5.91 Å². The molecular formula is C22H27N3O5. The van der Waals surface area contributed by atoms with Gasteiger partial charge in [-0.05, 0) is 35.9 Å². The second kappa shape index (κ2) is 9.98. The monoisotopic (exact) mass is 413 g/mol.